The van der Waals surface area contributed by atoms with Gasteiger partial charge in [0, 0.05) is 18.3 Å². The maximum Gasteiger partial charge on any atom is 0.168 e. The molecule has 0 saturated heterocycles. The summed E-state index contributed by atoms with van der Waals surface area (Å²) in [5.41, 5.74) is 5.10. The summed E-state index contributed by atoms with van der Waals surface area (Å²) in [6.45, 7) is 8.57. The highest BCUT2D eigenvalue weighted by Crippen LogP contribution is 2.29. The molecule has 0 bridgehead atoms. The number of fused-ring (bicyclic) bond motifs is 3. The van der Waals surface area contributed by atoms with Crippen LogP contribution in [0.15, 0.2) is 30.9 Å². The highest BCUT2D eigenvalue weighted by Gasteiger charge is 2.19. The van der Waals surface area contributed by atoms with Crippen molar-refractivity contribution in [1.29, 1.82) is 0 Å². The second kappa shape index (κ2) is 5.40. The molecule has 6 heteroatoms. The molecule has 0 N–H and O–H groups in total. The third kappa shape index (κ3) is 2.18. The van der Waals surface area contributed by atoms with Crippen molar-refractivity contribution in [3.8, 4) is 5.69 Å². The molecule has 0 aliphatic carbocycles. The number of aromatic nitrogens is 6. The van der Waals surface area contributed by atoms with E-state index < -0.39 is 0 Å². The molecule has 4 aromatic rings. The van der Waals surface area contributed by atoms with Gasteiger partial charge in [-0.15, -0.1) is 5.10 Å². The molecule has 0 atom stereocenters. The predicted molar refractivity (Wildman–Crippen MR) is 93.4 cm³/mol. The first kappa shape index (κ1) is 14.8. The lowest BCUT2D eigenvalue weighted by atomic mass is 10.1. The van der Waals surface area contributed by atoms with E-state index >= 15 is 0 Å². The highest BCUT2D eigenvalue weighted by molar-refractivity contribution is 5.94. The van der Waals surface area contributed by atoms with Crippen molar-refractivity contribution in [2.45, 2.75) is 34.1 Å². The number of hydrogen-bond donors (Lipinski definition) is 0. The smallest absolute Gasteiger partial charge is 0.168 e. The van der Waals surface area contributed by atoms with Crippen molar-refractivity contribution in [3.05, 3.63) is 47.9 Å². The minimum absolute atomic E-state index is 0.522. The fourth-order valence-corrected chi connectivity index (χ4v) is 3.16. The van der Waals surface area contributed by atoms with Crippen LogP contribution in [-0.4, -0.2) is 29.1 Å². The second-order valence-electron chi connectivity index (χ2n) is 6.59. The number of pyridine rings is 1. The molecule has 0 radical (unpaired) electrons. The Balaban J connectivity index is 2.02. The zero-order valence-corrected chi connectivity index (χ0v) is 14.4. The fraction of sp³-hybridized carbons (Fsp3) is 0.333. The Bertz CT molecular complexity index is 1030. The minimum atomic E-state index is 0.522. The van der Waals surface area contributed by atoms with Crippen LogP contribution in [0.4, 0.5) is 0 Å². The van der Waals surface area contributed by atoms with E-state index in [4.69, 9.17) is 4.98 Å². The average Bonchev–Trinajstić information content (AvgIpc) is 3.06. The Morgan fingerprint density at radius 2 is 2.00 bits per heavy atom. The lowest BCUT2D eigenvalue weighted by molar-refractivity contribution is 0.620. The largest absolute Gasteiger partial charge is 0.297 e. The predicted octanol–water partition coefficient (Wildman–Crippen LogP) is 3.28. The van der Waals surface area contributed by atoms with E-state index in [1.54, 1.807) is 17.0 Å². The van der Waals surface area contributed by atoms with Gasteiger partial charge in [0.15, 0.2) is 17.1 Å². The third-order valence-corrected chi connectivity index (χ3v) is 4.37. The Morgan fingerprint density at radius 3 is 2.71 bits per heavy atom. The van der Waals surface area contributed by atoms with Crippen LogP contribution in [0.5, 0.6) is 0 Å². The lowest BCUT2D eigenvalue weighted by Gasteiger charge is -2.06. The molecule has 0 aliphatic rings. The number of nitrogens with zero attached hydrogens (tertiary/aromatic N) is 6. The molecule has 0 aromatic carbocycles. The van der Waals surface area contributed by atoms with Crippen LogP contribution in [-0.2, 0) is 6.42 Å². The first-order valence-electron chi connectivity index (χ1n) is 8.18. The van der Waals surface area contributed by atoms with Crippen LogP contribution in [0, 0.1) is 19.8 Å². The summed E-state index contributed by atoms with van der Waals surface area (Å²) < 4.78 is 3.93. The molecule has 0 amide bonds. The van der Waals surface area contributed by atoms with Gasteiger partial charge in [0.2, 0.25) is 0 Å². The van der Waals surface area contributed by atoms with E-state index in [9.17, 15) is 0 Å². The van der Waals surface area contributed by atoms with Crippen LogP contribution in [0.25, 0.3) is 22.4 Å². The van der Waals surface area contributed by atoms with E-state index in [1.807, 2.05) is 18.3 Å². The van der Waals surface area contributed by atoms with Crippen molar-refractivity contribution >= 4 is 16.7 Å². The molecule has 0 saturated carbocycles. The highest BCUT2D eigenvalue weighted by atomic mass is 15.3. The van der Waals surface area contributed by atoms with Crippen molar-refractivity contribution in [3.63, 3.8) is 0 Å². The zero-order chi connectivity index (χ0) is 16.8. The molecular formula is C18H20N6. The van der Waals surface area contributed by atoms with Gasteiger partial charge < -0.3 is 0 Å². The van der Waals surface area contributed by atoms with Crippen LogP contribution in [0.3, 0.4) is 0 Å². The number of aryl methyl sites for hydroxylation is 1. The quantitative estimate of drug-likeness (QED) is 0.581. The molecule has 0 unspecified atom stereocenters. The number of rotatable bonds is 3. The van der Waals surface area contributed by atoms with Gasteiger partial charge in [0.1, 0.15) is 6.33 Å². The molecule has 0 spiro atoms. The standard InChI is InChI=1S/C18H20N6/c1-11(2)8-15-21-18-16-12(3)13(4)24(14-6-5-7-19-9-14)17(16)20-10-23(18)22-15/h5-7,9-11H,8H2,1-4H3. The molecule has 0 aliphatic heterocycles. The summed E-state index contributed by atoms with van der Waals surface area (Å²) >= 11 is 0. The Kier molecular flexibility index (Phi) is 3.33. The van der Waals surface area contributed by atoms with Crippen LogP contribution in [0.2, 0.25) is 0 Å². The molecular weight excluding hydrogens is 300 g/mol. The van der Waals surface area contributed by atoms with E-state index in [0.29, 0.717) is 5.92 Å². The Hall–Kier alpha value is -2.76. The first-order valence-corrected chi connectivity index (χ1v) is 8.18. The van der Waals surface area contributed by atoms with Crippen LogP contribution >= 0.6 is 0 Å². The maximum absolute atomic E-state index is 4.77. The van der Waals surface area contributed by atoms with Gasteiger partial charge in [-0.3, -0.25) is 9.55 Å². The Morgan fingerprint density at radius 1 is 1.17 bits per heavy atom. The zero-order valence-electron chi connectivity index (χ0n) is 14.4. The van der Waals surface area contributed by atoms with E-state index in [-0.39, 0.29) is 0 Å². The van der Waals surface area contributed by atoms with Gasteiger partial charge in [-0.05, 0) is 37.5 Å². The number of hydrogen-bond acceptors (Lipinski definition) is 4. The third-order valence-electron chi connectivity index (χ3n) is 4.37. The topological polar surface area (TPSA) is 60.9 Å². The fourth-order valence-electron chi connectivity index (χ4n) is 3.16. The second-order valence-corrected chi connectivity index (χ2v) is 6.59. The van der Waals surface area contributed by atoms with Crippen molar-refractivity contribution in [1.82, 2.24) is 29.1 Å². The van der Waals surface area contributed by atoms with Crippen molar-refractivity contribution in [2.75, 3.05) is 0 Å². The SMILES string of the molecule is Cc1c(C)n(-c2cccnc2)c2ncn3nc(CC(C)C)nc3c12. The summed E-state index contributed by atoms with van der Waals surface area (Å²) in [5.74, 6) is 1.39. The summed E-state index contributed by atoms with van der Waals surface area (Å²) in [6.07, 6.45) is 6.25. The summed E-state index contributed by atoms with van der Waals surface area (Å²) in [4.78, 5) is 13.7. The first-order chi connectivity index (χ1) is 11.6. The summed E-state index contributed by atoms with van der Waals surface area (Å²) in [6, 6.07) is 3.98. The van der Waals surface area contributed by atoms with Gasteiger partial charge in [-0.1, -0.05) is 13.8 Å². The van der Waals surface area contributed by atoms with Crippen LogP contribution < -0.4 is 0 Å². The van der Waals surface area contributed by atoms with Crippen molar-refractivity contribution < 1.29 is 0 Å². The van der Waals surface area contributed by atoms with Gasteiger partial charge >= 0.3 is 0 Å². The average molecular weight is 320 g/mol. The van der Waals surface area contributed by atoms with Gasteiger partial charge in [-0.25, -0.2) is 14.5 Å². The molecule has 4 heterocycles. The van der Waals surface area contributed by atoms with E-state index in [0.717, 1.165) is 40.3 Å². The molecule has 4 aromatic heterocycles. The van der Waals surface area contributed by atoms with Crippen molar-refractivity contribution in [2.24, 2.45) is 5.92 Å². The molecule has 0 fully saturated rings. The summed E-state index contributed by atoms with van der Waals surface area (Å²) in [5, 5.41) is 5.63. The lowest BCUT2D eigenvalue weighted by Crippen LogP contribution is -1.99. The maximum atomic E-state index is 4.77. The Labute approximate surface area is 140 Å². The van der Waals surface area contributed by atoms with E-state index in [2.05, 4.69) is 47.3 Å². The van der Waals surface area contributed by atoms with Gasteiger partial charge in [0.25, 0.3) is 0 Å². The molecule has 24 heavy (non-hydrogen) atoms. The van der Waals surface area contributed by atoms with Gasteiger partial charge in [0.05, 0.1) is 17.3 Å². The summed E-state index contributed by atoms with van der Waals surface area (Å²) in [7, 11) is 0. The monoisotopic (exact) mass is 320 g/mol. The molecule has 4 rings (SSSR count). The van der Waals surface area contributed by atoms with Gasteiger partial charge in [-0.2, -0.15) is 0 Å². The minimum Gasteiger partial charge on any atom is -0.297 e. The van der Waals surface area contributed by atoms with E-state index in [1.165, 1.54) is 5.56 Å². The molecule has 122 valence electrons. The molecule has 6 nitrogen and oxygen atoms in total. The normalized spacial score (nSPS) is 11.9. The van der Waals surface area contributed by atoms with Crippen LogP contribution in [0.1, 0.15) is 30.9 Å².